The van der Waals surface area contributed by atoms with Crippen molar-refractivity contribution in [2.45, 2.75) is 13.5 Å². The van der Waals surface area contributed by atoms with Gasteiger partial charge in [-0.25, -0.2) is 4.79 Å². The second-order valence-corrected chi connectivity index (χ2v) is 8.45. The topological polar surface area (TPSA) is 85.2 Å². The van der Waals surface area contributed by atoms with Gasteiger partial charge >= 0.3 is 6.03 Å². The first-order chi connectivity index (χ1) is 15.6. The summed E-state index contributed by atoms with van der Waals surface area (Å²) in [6.45, 7) is 10.4. The summed E-state index contributed by atoms with van der Waals surface area (Å²) in [4.78, 5) is 33.3. The van der Waals surface area contributed by atoms with Crippen LogP contribution < -0.4 is 5.32 Å². The number of nitrogens with one attached hydrogen (secondary N) is 1. The van der Waals surface area contributed by atoms with Gasteiger partial charge in [0.2, 0.25) is 5.76 Å². The highest BCUT2D eigenvalue weighted by molar-refractivity contribution is 5.91. The quantitative estimate of drug-likeness (QED) is 0.728. The summed E-state index contributed by atoms with van der Waals surface area (Å²) < 4.78 is 5.06. The van der Waals surface area contributed by atoms with E-state index in [4.69, 9.17) is 4.52 Å². The molecule has 4 rings (SSSR count). The van der Waals surface area contributed by atoms with E-state index in [1.807, 2.05) is 0 Å². The van der Waals surface area contributed by atoms with Crippen LogP contribution in [0.5, 0.6) is 0 Å². The monoisotopic (exact) mass is 440 g/mol. The number of urea groups is 1. The predicted octanol–water partition coefficient (Wildman–Crippen LogP) is 1.27. The van der Waals surface area contributed by atoms with Gasteiger partial charge in [0.15, 0.2) is 0 Å². The van der Waals surface area contributed by atoms with Gasteiger partial charge in [0.05, 0.1) is 5.69 Å². The van der Waals surface area contributed by atoms with Gasteiger partial charge < -0.3 is 19.6 Å². The first-order valence-corrected chi connectivity index (χ1v) is 11.3. The molecule has 9 heteroatoms. The second kappa shape index (κ2) is 10.6. The fraction of sp³-hybridized carbons (Fsp3) is 0.522. The van der Waals surface area contributed by atoms with E-state index in [2.05, 4.69) is 50.6 Å². The van der Waals surface area contributed by atoms with Crippen molar-refractivity contribution >= 4 is 11.9 Å². The molecule has 32 heavy (non-hydrogen) atoms. The molecule has 1 aromatic carbocycles. The first kappa shape index (κ1) is 22.3. The SMILES string of the molecule is Cc1cc(C(=O)N2CCN(C(=O)NCCN3CCN(Cc4ccccc4)CC3)CC2)on1. The fourth-order valence-corrected chi connectivity index (χ4v) is 4.18. The van der Waals surface area contributed by atoms with Crippen molar-refractivity contribution in [1.82, 2.24) is 30.1 Å². The third kappa shape index (κ3) is 5.86. The van der Waals surface area contributed by atoms with Crippen LogP contribution in [0.4, 0.5) is 4.79 Å². The number of nitrogens with zero attached hydrogens (tertiary/aromatic N) is 5. The molecule has 0 bridgehead atoms. The van der Waals surface area contributed by atoms with Crippen molar-refractivity contribution in [3.05, 3.63) is 53.4 Å². The van der Waals surface area contributed by atoms with E-state index in [1.54, 1.807) is 22.8 Å². The minimum Gasteiger partial charge on any atom is -0.351 e. The number of piperazine rings is 2. The van der Waals surface area contributed by atoms with Crippen LogP contribution in [0.3, 0.4) is 0 Å². The number of amides is 3. The summed E-state index contributed by atoms with van der Waals surface area (Å²) in [6.07, 6.45) is 0. The summed E-state index contributed by atoms with van der Waals surface area (Å²) in [5.41, 5.74) is 2.04. The van der Waals surface area contributed by atoms with Crippen LogP contribution in [-0.4, -0.2) is 102 Å². The molecule has 0 unspecified atom stereocenters. The average Bonchev–Trinajstić information content (AvgIpc) is 3.27. The van der Waals surface area contributed by atoms with E-state index in [-0.39, 0.29) is 17.7 Å². The van der Waals surface area contributed by atoms with E-state index in [0.717, 1.165) is 39.3 Å². The molecule has 0 radical (unpaired) electrons. The summed E-state index contributed by atoms with van der Waals surface area (Å²) in [5, 5.41) is 6.80. The molecule has 1 N–H and O–H groups in total. The van der Waals surface area contributed by atoms with Crippen molar-refractivity contribution in [3.63, 3.8) is 0 Å². The third-order valence-corrected chi connectivity index (χ3v) is 6.11. The van der Waals surface area contributed by atoms with Gasteiger partial charge in [-0.3, -0.25) is 14.6 Å². The third-order valence-electron chi connectivity index (χ3n) is 6.11. The molecular weight excluding hydrogens is 408 g/mol. The van der Waals surface area contributed by atoms with Crippen LogP contribution in [0.15, 0.2) is 40.9 Å². The molecule has 0 aliphatic carbocycles. The number of rotatable bonds is 6. The Morgan fingerprint density at radius 3 is 2.25 bits per heavy atom. The van der Waals surface area contributed by atoms with Gasteiger partial charge in [0.25, 0.3) is 5.91 Å². The summed E-state index contributed by atoms with van der Waals surface area (Å²) >= 11 is 0. The van der Waals surface area contributed by atoms with Crippen LogP contribution in [0.25, 0.3) is 0 Å². The molecule has 9 nitrogen and oxygen atoms in total. The summed E-state index contributed by atoms with van der Waals surface area (Å²) in [5.74, 6) is 0.0846. The predicted molar refractivity (Wildman–Crippen MR) is 120 cm³/mol. The van der Waals surface area contributed by atoms with Gasteiger partial charge in [0, 0.05) is 78.1 Å². The molecule has 2 aliphatic rings. The Balaban J connectivity index is 1.11. The van der Waals surface area contributed by atoms with Crippen molar-refractivity contribution in [1.29, 1.82) is 0 Å². The molecule has 0 saturated carbocycles. The Kier molecular flexibility index (Phi) is 7.39. The molecule has 3 heterocycles. The van der Waals surface area contributed by atoms with Crippen LogP contribution in [-0.2, 0) is 6.54 Å². The number of hydrogen-bond acceptors (Lipinski definition) is 6. The Labute approximate surface area is 188 Å². The zero-order chi connectivity index (χ0) is 22.3. The molecule has 0 spiro atoms. The molecule has 2 aromatic rings. The number of aromatic nitrogens is 1. The molecule has 2 aliphatic heterocycles. The minimum atomic E-state index is -0.169. The van der Waals surface area contributed by atoms with E-state index in [9.17, 15) is 9.59 Å². The van der Waals surface area contributed by atoms with Crippen LogP contribution >= 0.6 is 0 Å². The normalized spacial score (nSPS) is 18.0. The van der Waals surface area contributed by atoms with Crippen molar-refractivity contribution in [3.8, 4) is 0 Å². The smallest absolute Gasteiger partial charge is 0.317 e. The maximum Gasteiger partial charge on any atom is 0.317 e. The molecule has 0 atom stereocenters. The molecular formula is C23H32N6O3. The van der Waals surface area contributed by atoms with E-state index in [0.29, 0.717) is 38.4 Å². The highest BCUT2D eigenvalue weighted by Gasteiger charge is 2.27. The molecule has 2 fully saturated rings. The van der Waals surface area contributed by atoms with Crippen molar-refractivity contribution < 1.29 is 14.1 Å². The first-order valence-electron chi connectivity index (χ1n) is 11.3. The molecule has 2 saturated heterocycles. The summed E-state index contributed by atoms with van der Waals surface area (Å²) in [7, 11) is 0. The largest absolute Gasteiger partial charge is 0.351 e. The number of aryl methyl sites for hydroxylation is 1. The maximum absolute atomic E-state index is 12.5. The zero-order valence-corrected chi connectivity index (χ0v) is 18.7. The maximum atomic E-state index is 12.5. The Morgan fingerprint density at radius 2 is 1.59 bits per heavy atom. The molecule has 3 amide bonds. The van der Waals surface area contributed by atoms with Gasteiger partial charge in [-0.1, -0.05) is 35.5 Å². The number of carbonyl (C=O) groups is 2. The summed E-state index contributed by atoms with van der Waals surface area (Å²) in [6, 6.07) is 12.2. The van der Waals surface area contributed by atoms with E-state index in [1.165, 1.54) is 5.56 Å². The lowest BCUT2D eigenvalue weighted by Gasteiger charge is -2.36. The molecule has 172 valence electrons. The second-order valence-electron chi connectivity index (χ2n) is 8.45. The number of benzene rings is 1. The van der Waals surface area contributed by atoms with Gasteiger partial charge in [0.1, 0.15) is 0 Å². The number of carbonyl (C=O) groups excluding carboxylic acids is 2. The van der Waals surface area contributed by atoms with Gasteiger partial charge in [-0.15, -0.1) is 0 Å². The lowest BCUT2D eigenvalue weighted by atomic mass is 10.2. The van der Waals surface area contributed by atoms with E-state index < -0.39 is 0 Å². The lowest BCUT2D eigenvalue weighted by Crippen LogP contribution is -2.54. The number of hydrogen-bond donors (Lipinski definition) is 1. The minimum absolute atomic E-state index is 0.0599. The van der Waals surface area contributed by atoms with Gasteiger partial charge in [-0.2, -0.15) is 0 Å². The highest BCUT2D eigenvalue weighted by Crippen LogP contribution is 2.11. The lowest BCUT2D eigenvalue weighted by molar-refractivity contribution is 0.0624. The van der Waals surface area contributed by atoms with Crippen LogP contribution in [0, 0.1) is 6.92 Å². The fourth-order valence-electron chi connectivity index (χ4n) is 4.18. The average molecular weight is 441 g/mol. The van der Waals surface area contributed by atoms with Crippen molar-refractivity contribution in [2.24, 2.45) is 0 Å². The van der Waals surface area contributed by atoms with E-state index >= 15 is 0 Å². The van der Waals surface area contributed by atoms with Crippen molar-refractivity contribution in [2.75, 3.05) is 65.4 Å². The zero-order valence-electron chi connectivity index (χ0n) is 18.7. The molecule has 1 aromatic heterocycles. The Morgan fingerprint density at radius 1 is 0.938 bits per heavy atom. The van der Waals surface area contributed by atoms with Crippen LogP contribution in [0.1, 0.15) is 21.8 Å². The highest BCUT2D eigenvalue weighted by atomic mass is 16.5. The Hall–Kier alpha value is -2.91. The van der Waals surface area contributed by atoms with Crippen LogP contribution in [0.2, 0.25) is 0 Å². The van der Waals surface area contributed by atoms with Gasteiger partial charge in [-0.05, 0) is 12.5 Å². The Bertz CT molecular complexity index is 886. The standard InChI is InChI=1S/C23H32N6O3/c1-19-17-21(32-25-19)22(30)28-13-15-29(16-14-28)23(31)24-7-8-26-9-11-27(12-10-26)18-20-5-3-2-4-6-20/h2-6,17H,7-16,18H2,1H3,(H,24,31).